The number of carbonyl (C=O) groups is 1. The lowest BCUT2D eigenvalue weighted by Gasteiger charge is -2.21. The molecule has 3 nitrogen and oxygen atoms in total. The van der Waals surface area contributed by atoms with Gasteiger partial charge >= 0.3 is 5.97 Å². The predicted octanol–water partition coefficient (Wildman–Crippen LogP) is 1.59. The molecule has 0 radical (unpaired) electrons. The highest BCUT2D eigenvalue weighted by Crippen LogP contribution is 2.16. The highest BCUT2D eigenvalue weighted by molar-refractivity contribution is 7.99. The second-order valence-electron chi connectivity index (χ2n) is 3.67. The number of rotatable bonds is 4. The Morgan fingerprint density at radius 3 is 2.80 bits per heavy atom. The van der Waals surface area contributed by atoms with Crippen molar-refractivity contribution < 1.29 is 9.53 Å². The molecular formula is C11H19NO2S. The van der Waals surface area contributed by atoms with Crippen LogP contribution in [0.4, 0.5) is 0 Å². The molecule has 1 saturated heterocycles. The third-order valence-corrected chi connectivity index (χ3v) is 3.59. The Labute approximate surface area is 95.6 Å². The molecule has 0 unspecified atom stereocenters. The minimum absolute atomic E-state index is 0.240. The van der Waals surface area contributed by atoms with Crippen LogP contribution in [0.2, 0.25) is 0 Å². The molecule has 0 aromatic rings. The zero-order valence-electron chi connectivity index (χ0n) is 9.41. The zero-order valence-corrected chi connectivity index (χ0v) is 10.2. The Bertz CT molecular complexity index is 235. The van der Waals surface area contributed by atoms with Crippen molar-refractivity contribution >= 4 is 17.7 Å². The first-order valence-corrected chi connectivity index (χ1v) is 6.45. The van der Waals surface area contributed by atoms with E-state index in [1.807, 2.05) is 17.8 Å². The van der Waals surface area contributed by atoms with Gasteiger partial charge in [-0.3, -0.25) is 0 Å². The van der Waals surface area contributed by atoms with Gasteiger partial charge in [0.25, 0.3) is 0 Å². The van der Waals surface area contributed by atoms with E-state index in [-0.39, 0.29) is 5.97 Å². The van der Waals surface area contributed by atoms with Gasteiger partial charge in [-0.2, -0.15) is 11.8 Å². The molecule has 86 valence electrons. The van der Waals surface area contributed by atoms with Gasteiger partial charge in [0.05, 0.1) is 7.11 Å². The van der Waals surface area contributed by atoms with Gasteiger partial charge in [0.15, 0.2) is 0 Å². The van der Waals surface area contributed by atoms with Crippen LogP contribution in [0.25, 0.3) is 0 Å². The van der Waals surface area contributed by atoms with Crippen LogP contribution in [-0.4, -0.2) is 37.2 Å². The van der Waals surface area contributed by atoms with Gasteiger partial charge in [0.1, 0.15) is 0 Å². The standard InChI is InChI=1S/C11H19NO2S/c1-9(11(13)14-2)3-6-12-10-4-7-15-8-5-10/h3,10,12H,4-8H2,1-2H3. The fourth-order valence-electron chi connectivity index (χ4n) is 1.52. The summed E-state index contributed by atoms with van der Waals surface area (Å²) in [4.78, 5) is 11.1. The molecule has 0 spiro atoms. The largest absolute Gasteiger partial charge is 0.466 e. The molecule has 0 bridgehead atoms. The van der Waals surface area contributed by atoms with Crippen molar-refractivity contribution in [2.45, 2.75) is 25.8 Å². The van der Waals surface area contributed by atoms with Crippen molar-refractivity contribution in [1.82, 2.24) is 5.32 Å². The fourth-order valence-corrected chi connectivity index (χ4v) is 2.63. The molecule has 4 heteroatoms. The maximum absolute atomic E-state index is 11.1. The molecule has 1 aliphatic rings. The Morgan fingerprint density at radius 2 is 2.20 bits per heavy atom. The van der Waals surface area contributed by atoms with Gasteiger partial charge in [-0.15, -0.1) is 0 Å². The maximum Gasteiger partial charge on any atom is 0.333 e. The summed E-state index contributed by atoms with van der Waals surface area (Å²) in [6.45, 7) is 2.54. The summed E-state index contributed by atoms with van der Waals surface area (Å²) in [5, 5.41) is 3.43. The summed E-state index contributed by atoms with van der Waals surface area (Å²) in [6, 6.07) is 0.618. The minimum Gasteiger partial charge on any atom is -0.466 e. The molecule has 0 aromatic heterocycles. The lowest BCUT2D eigenvalue weighted by Crippen LogP contribution is -2.32. The van der Waals surface area contributed by atoms with E-state index in [4.69, 9.17) is 0 Å². The number of methoxy groups -OCH3 is 1. The van der Waals surface area contributed by atoms with Crippen molar-refractivity contribution in [3.8, 4) is 0 Å². The molecular weight excluding hydrogens is 210 g/mol. The van der Waals surface area contributed by atoms with Crippen LogP contribution in [0.15, 0.2) is 11.6 Å². The van der Waals surface area contributed by atoms with Crippen LogP contribution < -0.4 is 5.32 Å². The van der Waals surface area contributed by atoms with Crippen LogP contribution >= 0.6 is 11.8 Å². The first-order chi connectivity index (χ1) is 7.24. The van der Waals surface area contributed by atoms with Gasteiger partial charge in [-0.25, -0.2) is 4.79 Å². The predicted molar refractivity (Wildman–Crippen MR) is 64.1 cm³/mol. The molecule has 1 N–H and O–H groups in total. The van der Waals surface area contributed by atoms with Crippen LogP contribution in [0, 0.1) is 0 Å². The van der Waals surface area contributed by atoms with Gasteiger partial charge in [-0.1, -0.05) is 6.08 Å². The monoisotopic (exact) mass is 229 g/mol. The van der Waals surface area contributed by atoms with Crippen LogP contribution in [0.5, 0.6) is 0 Å². The first-order valence-electron chi connectivity index (χ1n) is 5.30. The van der Waals surface area contributed by atoms with E-state index in [0.29, 0.717) is 11.6 Å². The topological polar surface area (TPSA) is 38.3 Å². The van der Waals surface area contributed by atoms with Gasteiger partial charge < -0.3 is 10.1 Å². The number of ether oxygens (including phenoxy) is 1. The number of hydrogen-bond donors (Lipinski definition) is 1. The second kappa shape index (κ2) is 6.90. The van der Waals surface area contributed by atoms with Gasteiger partial charge in [0.2, 0.25) is 0 Å². The van der Waals surface area contributed by atoms with Gasteiger partial charge in [-0.05, 0) is 31.3 Å². The third kappa shape index (κ3) is 4.71. The van der Waals surface area contributed by atoms with E-state index in [0.717, 1.165) is 6.54 Å². The van der Waals surface area contributed by atoms with Crippen LogP contribution in [0.1, 0.15) is 19.8 Å². The molecule has 1 heterocycles. The highest BCUT2D eigenvalue weighted by atomic mass is 32.2. The Kier molecular flexibility index (Phi) is 5.79. The normalized spacial score (nSPS) is 18.9. The number of hydrogen-bond acceptors (Lipinski definition) is 4. The van der Waals surface area contributed by atoms with E-state index in [2.05, 4.69) is 10.1 Å². The van der Waals surface area contributed by atoms with Crippen molar-refractivity contribution in [1.29, 1.82) is 0 Å². The van der Waals surface area contributed by atoms with Gasteiger partial charge in [0, 0.05) is 18.2 Å². The SMILES string of the molecule is COC(=O)C(C)=CCNC1CCSCC1. The minimum atomic E-state index is -0.240. The second-order valence-corrected chi connectivity index (χ2v) is 4.90. The lowest BCUT2D eigenvalue weighted by molar-refractivity contribution is -0.136. The summed E-state index contributed by atoms with van der Waals surface area (Å²) in [5.74, 6) is 2.25. The van der Waals surface area contributed by atoms with E-state index < -0.39 is 0 Å². The first kappa shape index (κ1) is 12.6. The van der Waals surface area contributed by atoms with Crippen LogP contribution in [-0.2, 0) is 9.53 Å². The summed E-state index contributed by atoms with van der Waals surface area (Å²) in [5.41, 5.74) is 0.676. The molecule has 0 saturated carbocycles. The third-order valence-electron chi connectivity index (χ3n) is 2.54. The Balaban J connectivity index is 2.21. The van der Waals surface area contributed by atoms with E-state index in [1.54, 1.807) is 6.92 Å². The van der Waals surface area contributed by atoms with E-state index in [9.17, 15) is 4.79 Å². The summed E-state index contributed by atoms with van der Waals surface area (Å²) >= 11 is 2.02. The number of esters is 1. The fraction of sp³-hybridized carbons (Fsp3) is 0.727. The van der Waals surface area contributed by atoms with Crippen molar-refractivity contribution in [3.63, 3.8) is 0 Å². The Morgan fingerprint density at radius 1 is 1.53 bits per heavy atom. The highest BCUT2D eigenvalue weighted by Gasteiger charge is 2.12. The average Bonchev–Trinajstić information content (AvgIpc) is 2.29. The maximum atomic E-state index is 11.1. The van der Waals surface area contributed by atoms with Crippen molar-refractivity contribution in [2.75, 3.05) is 25.2 Å². The summed E-state index contributed by atoms with van der Waals surface area (Å²) < 4.78 is 4.62. The molecule has 0 aromatic carbocycles. The van der Waals surface area contributed by atoms with E-state index in [1.165, 1.54) is 31.5 Å². The summed E-state index contributed by atoms with van der Waals surface area (Å²) in [7, 11) is 1.41. The van der Waals surface area contributed by atoms with Crippen molar-refractivity contribution in [3.05, 3.63) is 11.6 Å². The number of nitrogens with one attached hydrogen (secondary N) is 1. The van der Waals surface area contributed by atoms with Crippen LogP contribution in [0.3, 0.4) is 0 Å². The lowest BCUT2D eigenvalue weighted by atomic mass is 10.1. The quantitative estimate of drug-likeness (QED) is 0.587. The molecule has 0 aliphatic carbocycles. The molecule has 1 rings (SSSR count). The van der Waals surface area contributed by atoms with Crippen molar-refractivity contribution in [2.24, 2.45) is 0 Å². The summed E-state index contributed by atoms with van der Waals surface area (Å²) in [6.07, 6.45) is 4.36. The molecule has 0 atom stereocenters. The smallest absolute Gasteiger partial charge is 0.333 e. The number of thioether (sulfide) groups is 1. The van der Waals surface area contributed by atoms with E-state index >= 15 is 0 Å². The molecule has 0 amide bonds. The zero-order chi connectivity index (χ0) is 11.1. The molecule has 1 aliphatic heterocycles. The average molecular weight is 229 g/mol. The Hall–Kier alpha value is -0.480. The molecule has 15 heavy (non-hydrogen) atoms. The number of carbonyl (C=O) groups excluding carboxylic acids is 1. The molecule has 1 fully saturated rings.